The molecule has 0 spiro atoms. The van der Waals surface area contributed by atoms with Gasteiger partial charge in [-0.05, 0) is 19.3 Å². The van der Waals surface area contributed by atoms with Crippen LogP contribution in [0.2, 0.25) is 0 Å². The van der Waals surface area contributed by atoms with E-state index in [1.807, 2.05) is 0 Å². The number of aliphatic hydroxyl groups is 1. The Morgan fingerprint density at radius 1 is 1.64 bits per heavy atom. The molecule has 14 heavy (non-hydrogen) atoms. The van der Waals surface area contributed by atoms with Gasteiger partial charge in [0.05, 0.1) is 18.6 Å². The Morgan fingerprint density at radius 3 is 2.71 bits per heavy atom. The summed E-state index contributed by atoms with van der Waals surface area (Å²) in [6, 6.07) is 0. The van der Waals surface area contributed by atoms with Crippen molar-refractivity contribution in [3.63, 3.8) is 0 Å². The van der Waals surface area contributed by atoms with E-state index in [1.165, 1.54) is 7.11 Å². The van der Waals surface area contributed by atoms with Gasteiger partial charge in [0.15, 0.2) is 0 Å². The number of Topliss-reactive ketones (excluding diaryl/α,β-unsaturated/α-hetero) is 1. The second kappa shape index (κ2) is 2.79. The van der Waals surface area contributed by atoms with Crippen molar-refractivity contribution in [2.75, 3.05) is 7.11 Å². The van der Waals surface area contributed by atoms with Crippen LogP contribution < -0.4 is 0 Å². The first-order valence-electron chi connectivity index (χ1n) is 4.81. The number of ketones is 1. The summed E-state index contributed by atoms with van der Waals surface area (Å²) in [5.41, 5.74) is -0.868. The Morgan fingerprint density at radius 2 is 2.29 bits per heavy atom. The molecule has 4 heteroatoms. The second-order valence-corrected chi connectivity index (χ2v) is 4.43. The zero-order valence-corrected chi connectivity index (χ0v) is 8.32. The van der Waals surface area contributed by atoms with Gasteiger partial charge in [0.25, 0.3) is 0 Å². The van der Waals surface area contributed by atoms with Crippen LogP contribution in [0.1, 0.15) is 19.8 Å². The van der Waals surface area contributed by atoms with Gasteiger partial charge in [-0.2, -0.15) is 0 Å². The number of aliphatic hydroxyl groups excluding tert-OH is 1. The van der Waals surface area contributed by atoms with Gasteiger partial charge in [0, 0.05) is 12.3 Å². The molecule has 0 aromatic carbocycles. The summed E-state index contributed by atoms with van der Waals surface area (Å²) >= 11 is 0. The van der Waals surface area contributed by atoms with Gasteiger partial charge < -0.3 is 9.84 Å². The highest BCUT2D eigenvalue weighted by atomic mass is 16.5. The molecule has 0 amide bonds. The van der Waals surface area contributed by atoms with E-state index in [9.17, 15) is 14.7 Å². The molecule has 2 fully saturated rings. The number of esters is 1. The maximum Gasteiger partial charge on any atom is 0.314 e. The number of fused-ring (bicyclic) bond motifs is 2. The van der Waals surface area contributed by atoms with Gasteiger partial charge in [-0.3, -0.25) is 9.59 Å². The van der Waals surface area contributed by atoms with E-state index in [-0.39, 0.29) is 17.6 Å². The maximum absolute atomic E-state index is 11.5. The van der Waals surface area contributed by atoms with Gasteiger partial charge in [-0.1, -0.05) is 0 Å². The smallest absolute Gasteiger partial charge is 0.314 e. The molecule has 4 unspecified atom stereocenters. The fraction of sp³-hybridized carbons (Fsp3) is 0.800. The van der Waals surface area contributed by atoms with Crippen molar-refractivity contribution >= 4 is 11.8 Å². The van der Waals surface area contributed by atoms with Crippen LogP contribution >= 0.6 is 0 Å². The van der Waals surface area contributed by atoms with Crippen LogP contribution in [0.25, 0.3) is 0 Å². The first-order valence-corrected chi connectivity index (χ1v) is 4.81. The molecule has 0 aromatic heterocycles. The van der Waals surface area contributed by atoms with Crippen LogP contribution in [0.5, 0.6) is 0 Å². The topological polar surface area (TPSA) is 63.6 Å². The molecule has 0 aliphatic heterocycles. The molecule has 78 valence electrons. The van der Waals surface area contributed by atoms with Crippen molar-refractivity contribution in [3.8, 4) is 0 Å². The van der Waals surface area contributed by atoms with Crippen molar-refractivity contribution in [3.05, 3.63) is 0 Å². The zero-order valence-electron chi connectivity index (χ0n) is 8.32. The quantitative estimate of drug-likeness (QED) is 0.608. The maximum atomic E-state index is 11.5. The van der Waals surface area contributed by atoms with Crippen LogP contribution in [0.3, 0.4) is 0 Å². The van der Waals surface area contributed by atoms with Crippen molar-refractivity contribution in [1.29, 1.82) is 0 Å². The SMILES string of the molecule is COC(=O)C1(C)C2CC(=O)C(C2)C1O. The van der Waals surface area contributed by atoms with Crippen LogP contribution in [-0.2, 0) is 14.3 Å². The van der Waals surface area contributed by atoms with Gasteiger partial charge in [0.1, 0.15) is 5.78 Å². The van der Waals surface area contributed by atoms with E-state index >= 15 is 0 Å². The number of carbonyl (C=O) groups is 2. The van der Waals surface area contributed by atoms with Gasteiger partial charge in [-0.15, -0.1) is 0 Å². The highest BCUT2D eigenvalue weighted by Crippen LogP contribution is 2.54. The first kappa shape index (κ1) is 9.65. The van der Waals surface area contributed by atoms with Crippen molar-refractivity contribution in [1.82, 2.24) is 0 Å². The summed E-state index contributed by atoms with van der Waals surface area (Å²) in [6.45, 7) is 1.70. The van der Waals surface area contributed by atoms with Crippen molar-refractivity contribution in [2.45, 2.75) is 25.9 Å². The number of hydrogen-bond donors (Lipinski definition) is 1. The average Bonchev–Trinajstić information content (AvgIpc) is 2.65. The predicted octanol–water partition coefficient (Wildman–Crippen LogP) is 0.135. The minimum atomic E-state index is -0.868. The summed E-state index contributed by atoms with van der Waals surface area (Å²) in [7, 11) is 1.31. The standard InChI is InChI=1S/C10H14O4/c1-10(9(13)14-2)5-3-6(8(10)12)7(11)4-5/h5-6,8,12H,3-4H2,1-2H3. The highest BCUT2D eigenvalue weighted by molar-refractivity contribution is 5.90. The number of ether oxygens (including phenoxy) is 1. The molecule has 0 saturated heterocycles. The summed E-state index contributed by atoms with van der Waals surface area (Å²) in [4.78, 5) is 22.9. The lowest BCUT2D eigenvalue weighted by molar-refractivity contribution is -0.164. The number of rotatable bonds is 1. The molecular weight excluding hydrogens is 184 g/mol. The molecule has 0 radical (unpaired) electrons. The Balaban J connectivity index is 2.32. The Labute approximate surface area is 82.2 Å². The molecule has 4 nitrogen and oxygen atoms in total. The van der Waals surface area contributed by atoms with E-state index in [2.05, 4.69) is 4.74 Å². The summed E-state index contributed by atoms with van der Waals surface area (Å²) in [5, 5.41) is 9.89. The third-order valence-corrected chi connectivity index (χ3v) is 3.87. The lowest BCUT2D eigenvalue weighted by Crippen LogP contribution is -2.47. The summed E-state index contributed by atoms with van der Waals surface area (Å²) in [5.74, 6) is -0.694. The minimum Gasteiger partial charge on any atom is -0.469 e. The molecule has 2 rings (SSSR count). The highest BCUT2D eigenvalue weighted by Gasteiger charge is 2.63. The third-order valence-electron chi connectivity index (χ3n) is 3.87. The molecule has 1 N–H and O–H groups in total. The Bertz CT molecular complexity index is 294. The molecule has 2 saturated carbocycles. The predicted molar refractivity (Wildman–Crippen MR) is 47.4 cm³/mol. The summed E-state index contributed by atoms with van der Waals surface area (Å²) in [6.07, 6.45) is 0.181. The van der Waals surface area contributed by atoms with Crippen LogP contribution in [-0.4, -0.2) is 30.1 Å². The Kier molecular flexibility index (Phi) is 1.93. The molecule has 2 aliphatic carbocycles. The number of hydrogen-bond acceptors (Lipinski definition) is 4. The fourth-order valence-corrected chi connectivity index (χ4v) is 2.84. The van der Waals surface area contributed by atoms with E-state index in [0.717, 1.165) is 0 Å². The van der Waals surface area contributed by atoms with Crippen LogP contribution in [0.4, 0.5) is 0 Å². The lowest BCUT2D eigenvalue weighted by Gasteiger charge is -2.34. The summed E-state index contributed by atoms with van der Waals surface area (Å²) < 4.78 is 4.69. The molecule has 4 atom stereocenters. The van der Waals surface area contributed by atoms with E-state index in [0.29, 0.717) is 12.8 Å². The second-order valence-electron chi connectivity index (χ2n) is 4.43. The molecule has 2 aliphatic rings. The first-order chi connectivity index (χ1) is 6.51. The Hall–Kier alpha value is -0.900. The van der Waals surface area contributed by atoms with E-state index < -0.39 is 17.5 Å². The lowest BCUT2D eigenvalue weighted by atomic mass is 9.72. The minimum absolute atomic E-state index is 0.0394. The van der Waals surface area contributed by atoms with Crippen LogP contribution in [0, 0.1) is 17.3 Å². The van der Waals surface area contributed by atoms with Gasteiger partial charge in [0.2, 0.25) is 0 Å². The fourth-order valence-electron chi connectivity index (χ4n) is 2.84. The normalized spacial score (nSPS) is 45.6. The average molecular weight is 198 g/mol. The van der Waals surface area contributed by atoms with Gasteiger partial charge >= 0.3 is 5.97 Å². The third kappa shape index (κ3) is 0.919. The van der Waals surface area contributed by atoms with Crippen molar-refractivity contribution in [2.24, 2.45) is 17.3 Å². The van der Waals surface area contributed by atoms with Crippen molar-refractivity contribution < 1.29 is 19.4 Å². The largest absolute Gasteiger partial charge is 0.469 e. The molecular formula is C10H14O4. The number of methoxy groups -OCH3 is 1. The number of carbonyl (C=O) groups excluding carboxylic acids is 2. The molecule has 0 heterocycles. The zero-order chi connectivity index (χ0) is 10.5. The van der Waals surface area contributed by atoms with Crippen LogP contribution in [0.15, 0.2) is 0 Å². The molecule has 0 aromatic rings. The monoisotopic (exact) mass is 198 g/mol. The van der Waals surface area contributed by atoms with E-state index in [4.69, 9.17) is 0 Å². The molecule has 2 bridgehead atoms. The van der Waals surface area contributed by atoms with E-state index in [1.54, 1.807) is 6.92 Å². The van der Waals surface area contributed by atoms with Gasteiger partial charge in [-0.25, -0.2) is 0 Å².